The molecule has 0 aliphatic rings. The Morgan fingerprint density at radius 3 is 2.67 bits per heavy atom. The number of hydrogen-bond acceptors (Lipinski definition) is 5. The van der Waals surface area contributed by atoms with Crippen molar-refractivity contribution in [2.45, 2.75) is 0 Å². The molecule has 3 amide bonds. The second-order valence-electron chi connectivity index (χ2n) is 5.23. The van der Waals surface area contributed by atoms with Crippen molar-refractivity contribution in [3.05, 3.63) is 65.4 Å². The van der Waals surface area contributed by atoms with E-state index in [0.29, 0.717) is 10.7 Å². The van der Waals surface area contributed by atoms with Gasteiger partial charge in [-0.2, -0.15) is 0 Å². The Kier molecular flexibility index (Phi) is 5.62. The molecule has 0 spiro atoms. The van der Waals surface area contributed by atoms with Gasteiger partial charge in [-0.3, -0.25) is 10.1 Å². The molecule has 1 aromatic heterocycles. The molecule has 7 nitrogen and oxygen atoms in total. The number of para-hydroxylation sites is 1. The van der Waals surface area contributed by atoms with Crippen LogP contribution < -0.4 is 20.7 Å². The monoisotopic (exact) mass is 386 g/mol. The lowest BCUT2D eigenvalue weighted by molar-refractivity contribution is 0.0960. The highest BCUT2D eigenvalue weighted by atomic mass is 32.1. The van der Waals surface area contributed by atoms with Gasteiger partial charge in [-0.15, -0.1) is 11.3 Å². The van der Waals surface area contributed by atoms with E-state index in [1.54, 1.807) is 35.8 Å². The van der Waals surface area contributed by atoms with Gasteiger partial charge in [-0.05, 0) is 24.3 Å². The lowest BCUT2D eigenvalue weighted by atomic mass is 10.2. The van der Waals surface area contributed by atoms with Gasteiger partial charge in [0.1, 0.15) is 11.6 Å². The van der Waals surface area contributed by atoms with Gasteiger partial charge in [-0.25, -0.2) is 14.2 Å². The highest BCUT2D eigenvalue weighted by Crippen LogP contribution is 2.32. The Hall–Kier alpha value is -3.46. The number of nitrogens with zero attached hydrogens (tertiary/aromatic N) is 1. The van der Waals surface area contributed by atoms with Crippen molar-refractivity contribution in [1.82, 2.24) is 10.3 Å². The van der Waals surface area contributed by atoms with E-state index in [2.05, 4.69) is 20.9 Å². The standard InChI is InChI=1S/C18H15FN4O3S/c1-20-16(24)12-4-2-3-5-14(12)26-15-7-6-11(19)10-13(15)22-17(25)23-18-21-8-9-27-18/h2-10H,1H3,(H,20,24)(H2,21,22,23,25). The van der Waals surface area contributed by atoms with Gasteiger partial charge in [0.15, 0.2) is 10.9 Å². The molecule has 138 valence electrons. The predicted molar refractivity (Wildman–Crippen MR) is 101 cm³/mol. The number of amides is 3. The summed E-state index contributed by atoms with van der Waals surface area (Å²) in [6, 6.07) is 9.69. The molecule has 3 aromatic rings. The summed E-state index contributed by atoms with van der Waals surface area (Å²) in [5.74, 6) is -0.427. The van der Waals surface area contributed by atoms with Crippen LogP contribution in [-0.4, -0.2) is 24.0 Å². The molecule has 3 rings (SSSR count). The summed E-state index contributed by atoms with van der Waals surface area (Å²) in [4.78, 5) is 28.0. The Morgan fingerprint density at radius 2 is 1.93 bits per heavy atom. The molecule has 9 heteroatoms. The molecular weight excluding hydrogens is 371 g/mol. The molecule has 0 radical (unpaired) electrons. The summed E-state index contributed by atoms with van der Waals surface area (Å²) in [7, 11) is 1.51. The highest BCUT2D eigenvalue weighted by Gasteiger charge is 2.15. The molecule has 27 heavy (non-hydrogen) atoms. The van der Waals surface area contributed by atoms with Crippen molar-refractivity contribution in [3.8, 4) is 11.5 Å². The van der Waals surface area contributed by atoms with Crippen molar-refractivity contribution < 1.29 is 18.7 Å². The van der Waals surface area contributed by atoms with Crippen LogP contribution >= 0.6 is 11.3 Å². The number of carbonyl (C=O) groups excluding carboxylic acids is 2. The van der Waals surface area contributed by atoms with E-state index >= 15 is 0 Å². The van der Waals surface area contributed by atoms with Crippen LogP contribution in [0, 0.1) is 5.82 Å². The van der Waals surface area contributed by atoms with Crippen LogP contribution in [0.5, 0.6) is 11.5 Å². The second-order valence-corrected chi connectivity index (χ2v) is 6.13. The van der Waals surface area contributed by atoms with Crippen LogP contribution in [0.2, 0.25) is 0 Å². The van der Waals surface area contributed by atoms with Gasteiger partial charge in [0.05, 0.1) is 11.3 Å². The molecule has 0 bridgehead atoms. The maximum absolute atomic E-state index is 13.7. The van der Waals surface area contributed by atoms with Crippen molar-refractivity contribution in [2.24, 2.45) is 0 Å². The first-order valence-electron chi connectivity index (χ1n) is 7.83. The van der Waals surface area contributed by atoms with Gasteiger partial charge in [0.2, 0.25) is 0 Å². The quantitative estimate of drug-likeness (QED) is 0.616. The zero-order chi connectivity index (χ0) is 19.2. The van der Waals surface area contributed by atoms with Gasteiger partial charge >= 0.3 is 6.03 Å². The molecule has 0 aliphatic carbocycles. The topological polar surface area (TPSA) is 92.4 Å². The summed E-state index contributed by atoms with van der Waals surface area (Å²) in [5.41, 5.74) is 0.415. The second kappa shape index (κ2) is 8.28. The van der Waals surface area contributed by atoms with Crippen molar-refractivity contribution in [1.29, 1.82) is 0 Å². The first-order valence-corrected chi connectivity index (χ1v) is 8.71. The van der Waals surface area contributed by atoms with Crippen LogP contribution in [0.4, 0.5) is 20.0 Å². The maximum atomic E-state index is 13.7. The SMILES string of the molecule is CNC(=O)c1ccccc1Oc1ccc(F)cc1NC(=O)Nc1nccs1. The number of rotatable bonds is 5. The minimum atomic E-state index is -0.597. The van der Waals surface area contributed by atoms with Crippen LogP contribution in [0.3, 0.4) is 0 Å². The van der Waals surface area contributed by atoms with Gasteiger partial charge in [0, 0.05) is 24.7 Å². The summed E-state index contributed by atoms with van der Waals surface area (Å²) in [6.45, 7) is 0. The number of urea groups is 1. The summed E-state index contributed by atoms with van der Waals surface area (Å²) in [6.07, 6.45) is 1.55. The first-order chi connectivity index (χ1) is 13.1. The van der Waals surface area contributed by atoms with Crippen molar-refractivity contribution in [2.75, 3.05) is 17.7 Å². The number of anilines is 2. The van der Waals surface area contributed by atoms with E-state index in [1.807, 2.05) is 0 Å². The van der Waals surface area contributed by atoms with Crippen LogP contribution in [0.25, 0.3) is 0 Å². The van der Waals surface area contributed by atoms with Crippen molar-refractivity contribution >= 4 is 34.1 Å². The number of nitrogens with one attached hydrogen (secondary N) is 3. The first kappa shape index (κ1) is 18.3. The van der Waals surface area contributed by atoms with E-state index in [4.69, 9.17) is 4.74 Å². The largest absolute Gasteiger partial charge is 0.454 e. The number of carbonyl (C=O) groups is 2. The molecule has 0 fully saturated rings. The lowest BCUT2D eigenvalue weighted by Gasteiger charge is -2.14. The Bertz CT molecular complexity index is 963. The average molecular weight is 386 g/mol. The van der Waals surface area contributed by atoms with E-state index in [0.717, 1.165) is 6.07 Å². The molecule has 1 heterocycles. The average Bonchev–Trinajstić information content (AvgIpc) is 3.16. The Labute approximate surface area is 158 Å². The minimum absolute atomic E-state index is 0.107. The fourth-order valence-corrected chi connectivity index (χ4v) is 2.75. The molecule has 0 aliphatic heterocycles. The minimum Gasteiger partial charge on any atom is -0.454 e. The number of benzene rings is 2. The highest BCUT2D eigenvalue weighted by molar-refractivity contribution is 7.13. The van der Waals surface area contributed by atoms with Gasteiger partial charge in [-0.1, -0.05) is 12.1 Å². The van der Waals surface area contributed by atoms with Crippen LogP contribution in [-0.2, 0) is 0 Å². The van der Waals surface area contributed by atoms with Gasteiger partial charge in [0.25, 0.3) is 5.91 Å². The summed E-state index contributed by atoms with van der Waals surface area (Å²) < 4.78 is 19.4. The smallest absolute Gasteiger partial charge is 0.325 e. The van der Waals surface area contributed by atoms with E-state index < -0.39 is 11.8 Å². The molecule has 3 N–H and O–H groups in total. The van der Waals surface area contributed by atoms with E-state index in [1.165, 1.54) is 30.5 Å². The molecule has 0 atom stereocenters. The fraction of sp³-hybridized carbons (Fsp3) is 0.0556. The number of ether oxygens (including phenoxy) is 1. The number of halogens is 1. The molecule has 0 saturated heterocycles. The van der Waals surface area contributed by atoms with Crippen molar-refractivity contribution in [3.63, 3.8) is 0 Å². The third kappa shape index (κ3) is 4.59. The van der Waals surface area contributed by atoms with Crippen LogP contribution in [0.1, 0.15) is 10.4 Å². The molecular formula is C18H15FN4O3S. The maximum Gasteiger partial charge on any atom is 0.325 e. The molecule has 2 aromatic carbocycles. The summed E-state index contributed by atoms with van der Waals surface area (Å²) in [5, 5.41) is 9.69. The zero-order valence-corrected chi connectivity index (χ0v) is 15.0. The third-order valence-corrected chi connectivity index (χ3v) is 4.11. The normalized spacial score (nSPS) is 10.1. The fourth-order valence-electron chi connectivity index (χ4n) is 2.22. The van der Waals surface area contributed by atoms with Crippen LogP contribution in [0.15, 0.2) is 54.0 Å². The third-order valence-electron chi connectivity index (χ3n) is 3.42. The van der Waals surface area contributed by atoms with E-state index in [-0.39, 0.29) is 23.1 Å². The molecule has 0 saturated carbocycles. The summed E-state index contributed by atoms with van der Waals surface area (Å²) >= 11 is 1.25. The Balaban J connectivity index is 1.84. The number of thiazole rings is 1. The van der Waals surface area contributed by atoms with Gasteiger partial charge < -0.3 is 15.4 Å². The van der Waals surface area contributed by atoms with E-state index in [9.17, 15) is 14.0 Å². The molecule has 0 unspecified atom stereocenters. The lowest BCUT2D eigenvalue weighted by Crippen LogP contribution is -2.20. The Morgan fingerprint density at radius 1 is 1.11 bits per heavy atom. The predicted octanol–water partition coefficient (Wildman–Crippen LogP) is 4.08. The number of hydrogen-bond donors (Lipinski definition) is 3. The number of aromatic nitrogens is 1. The zero-order valence-electron chi connectivity index (χ0n) is 14.2.